The van der Waals surface area contributed by atoms with Crippen molar-refractivity contribution in [3.63, 3.8) is 0 Å². The molecule has 0 radical (unpaired) electrons. The van der Waals surface area contributed by atoms with Crippen molar-refractivity contribution < 1.29 is 9.18 Å². The van der Waals surface area contributed by atoms with Gasteiger partial charge in [-0.1, -0.05) is 25.4 Å². The molecule has 0 saturated carbocycles. The second kappa shape index (κ2) is 7.55. The molecular weight excluding hydrogens is 387 g/mol. The second-order valence-electron chi connectivity index (χ2n) is 6.53. The van der Waals surface area contributed by atoms with Crippen LogP contribution in [0.5, 0.6) is 0 Å². The summed E-state index contributed by atoms with van der Waals surface area (Å²) >= 11 is 5.73. The average Bonchev–Trinajstić information content (AvgIpc) is 2.63. The van der Waals surface area contributed by atoms with Crippen molar-refractivity contribution in [1.29, 1.82) is 0 Å². The number of anilines is 1. The fraction of sp³-hybridized carbons (Fsp3) is 0.263. The van der Waals surface area contributed by atoms with Gasteiger partial charge in [0.05, 0.1) is 16.6 Å². The Bertz CT molecular complexity index is 1200. The van der Waals surface area contributed by atoms with Crippen LogP contribution < -0.4 is 16.6 Å². The highest BCUT2D eigenvalue weighted by Crippen LogP contribution is 2.23. The molecule has 0 aliphatic rings. The summed E-state index contributed by atoms with van der Waals surface area (Å²) in [6, 6.07) is 5.32. The van der Waals surface area contributed by atoms with E-state index >= 15 is 0 Å². The third kappa shape index (κ3) is 3.55. The fourth-order valence-electron chi connectivity index (χ4n) is 2.84. The highest BCUT2D eigenvalue weighted by atomic mass is 35.5. The molecule has 0 spiro atoms. The van der Waals surface area contributed by atoms with E-state index in [-0.39, 0.29) is 39.8 Å². The smallest absolute Gasteiger partial charge is 0.319 e. The molecule has 2 N–H and O–H groups in total. The minimum atomic E-state index is -0.728. The molecule has 3 aromatic rings. The van der Waals surface area contributed by atoms with Gasteiger partial charge in [0.2, 0.25) is 0 Å². The number of nitrogens with one attached hydrogen (secondary N) is 2. The summed E-state index contributed by atoms with van der Waals surface area (Å²) in [6.07, 6.45) is 0. The number of amides is 1. The van der Waals surface area contributed by atoms with Crippen molar-refractivity contribution in [2.75, 3.05) is 5.32 Å². The summed E-state index contributed by atoms with van der Waals surface area (Å²) in [5, 5.41) is 2.61. The van der Waals surface area contributed by atoms with E-state index in [2.05, 4.69) is 15.3 Å². The normalized spacial score (nSPS) is 11.2. The predicted octanol–water partition coefficient (Wildman–Crippen LogP) is 3.27. The fourth-order valence-corrected chi connectivity index (χ4v) is 3.00. The van der Waals surface area contributed by atoms with Gasteiger partial charge < -0.3 is 5.32 Å². The number of fused-ring (bicyclic) bond motifs is 1. The summed E-state index contributed by atoms with van der Waals surface area (Å²) in [7, 11) is 0. The number of aryl methyl sites for hydroxylation is 1. The first-order chi connectivity index (χ1) is 13.2. The number of pyridine rings is 1. The van der Waals surface area contributed by atoms with Gasteiger partial charge in [-0.15, -0.1) is 0 Å². The Morgan fingerprint density at radius 1 is 1.32 bits per heavy atom. The summed E-state index contributed by atoms with van der Waals surface area (Å²) < 4.78 is 15.4. The van der Waals surface area contributed by atoms with Crippen LogP contribution in [0.3, 0.4) is 0 Å². The van der Waals surface area contributed by atoms with Gasteiger partial charge in [0.1, 0.15) is 5.82 Å². The molecule has 0 aliphatic carbocycles. The zero-order valence-electron chi connectivity index (χ0n) is 15.5. The van der Waals surface area contributed by atoms with Crippen LogP contribution in [0.15, 0.2) is 33.9 Å². The number of nitrogens with zero attached hydrogens (tertiary/aromatic N) is 2. The first kappa shape index (κ1) is 19.8. The van der Waals surface area contributed by atoms with Gasteiger partial charge in [-0.05, 0) is 37.1 Å². The number of H-pyrrole nitrogens is 1. The Kier molecular flexibility index (Phi) is 5.33. The van der Waals surface area contributed by atoms with Crippen LogP contribution in [-0.2, 0) is 6.54 Å². The molecule has 3 rings (SSSR count). The van der Waals surface area contributed by atoms with Crippen molar-refractivity contribution in [1.82, 2.24) is 14.5 Å². The van der Waals surface area contributed by atoms with Gasteiger partial charge in [-0.2, -0.15) is 0 Å². The Hall–Kier alpha value is -3.00. The Morgan fingerprint density at radius 3 is 2.64 bits per heavy atom. The van der Waals surface area contributed by atoms with Gasteiger partial charge in [-0.25, -0.2) is 14.2 Å². The number of benzene rings is 1. The monoisotopic (exact) mass is 404 g/mol. The van der Waals surface area contributed by atoms with Crippen LogP contribution in [0.1, 0.15) is 42.7 Å². The Labute approximate surface area is 164 Å². The maximum atomic E-state index is 14.1. The van der Waals surface area contributed by atoms with Crippen molar-refractivity contribution in [3.05, 3.63) is 67.2 Å². The number of aromatic amines is 1. The largest absolute Gasteiger partial charge is 0.329 e. The summed E-state index contributed by atoms with van der Waals surface area (Å²) in [5.74, 6) is -1.46. The third-order valence-corrected chi connectivity index (χ3v) is 4.54. The third-order valence-electron chi connectivity index (χ3n) is 4.30. The summed E-state index contributed by atoms with van der Waals surface area (Å²) in [6.45, 7) is 5.73. The number of carbonyl (C=O) groups excluding carboxylic acids is 1. The SMILES string of the molecule is CCn1c(=O)[nH]c(=O)c2c(C(=O)Nc3ccc(Cl)cc3F)cc(C(C)C)nc21. The van der Waals surface area contributed by atoms with E-state index in [1.165, 1.54) is 22.8 Å². The zero-order valence-corrected chi connectivity index (χ0v) is 16.2. The maximum Gasteiger partial charge on any atom is 0.329 e. The highest BCUT2D eigenvalue weighted by Gasteiger charge is 2.21. The molecular formula is C19H18ClFN4O3. The molecule has 9 heteroatoms. The molecule has 7 nitrogen and oxygen atoms in total. The van der Waals surface area contributed by atoms with Gasteiger partial charge in [0.15, 0.2) is 5.65 Å². The summed E-state index contributed by atoms with van der Waals surface area (Å²) in [4.78, 5) is 44.1. The average molecular weight is 405 g/mol. The lowest BCUT2D eigenvalue weighted by Gasteiger charge is -2.14. The van der Waals surface area contributed by atoms with Crippen molar-refractivity contribution in [2.24, 2.45) is 0 Å². The highest BCUT2D eigenvalue weighted by molar-refractivity contribution is 6.30. The second-order valence-corrected chi connectivity index (χ2v) is 6.97. The predicted molar refractivity (Wildman–Crippen MR) is 106 cm³/mol. The number of aromatic nitrogens is 3. The van der Waals surface area contributed by atoms with E-state index in [1.54, 1.807) is 6.92 Å². The molecule has 2 aromatic heterocycles. The van der Waals surface area contributed by atoms with Crippen LogP contribution in [0.2, 0.25) is 5.02 Å². The van der Waals surface area contributed by atoms with E-state index in [4.69, 9.17) is 11.6 Å². The van der Waals surface area contributed by atoms with Crippen molar-refractivity contribution >= 4 is 34.2 Å². The van der Waals surface area contributed by atoms with E-state index in [0.717, 1.165) is 6.07 Å². The lowest BCUT2D eigenvalue weighted by Crippen LogP contribution is -2.32. The number of hydrogen-bond acceptors (Lipinski definition) is 4. The number of hydrogen-bond donors (Lipinski definition) is 2. The van der Waals surface area contributed by atoms with Gasteiger partial charge in [0, 0.05) is 17.3 Å². The van der Waals surface area contributed by atoms with Gasteiger partial charge >= 0.3 is 5.69 Å². The molecule has 0 fully saturated rings. The lowest BCUT2D eigenvalue weighted by molar-refractivity contribution is 0.102. The van der Waals surface area contributed by atoms with E-state index in [1.807, 2.05) is 13.8 Å². The molecule has 1 aromatic carbocycles. The van der Waals surface area contributed by atoms with Crippen LogP contribution >= 0.6 is 11.6 Å². The van der Waals surface area contributed by atoms with Crippen LogP contribution in [0, 0.1) is 5.82 Å². The molecule has 28 heavy (non-hydrogen) atoms. The molecule has 2 heterocycles. The maximum absolute atomic E-state index is 14.1. The quantitative estimate of drug-likeness (QED) is 0.697. The zero-order chi connectivity index (χ0) is 20.6. The number of halogens is 2. The molecule has 146 valence electrons. The van der Waals surface area contributed by atoms with Gasteiger partial charge in [0.25, 0.3) is 11.5 Å². The molecule has 0 saturated heterocycles. The van der Waals surface area contributed by atoms with Crippen molar-refractivity contribution in [3.8, 4) is 0 Å². The van der Waals surface area contributed by atoms with Crippen LogP contribution in [-0.4, -0.2) is 20.4 Å². The Morgan fingerprint density at radius 2 is 2.04 bits per heavy atom. The summed E-state index contributed by atoms with van der Waals surface area (Å²) in [5.41, 5.74) is -0.763. The minimum absolute atomic E-state index is 0.00602. The Balaban J connectivity index is 2.25. The first-order valence-corrected chi connectivity index (χ1v) is 9.04. The van der Waals surface area contributed by atoms with Crippen LogP contribution in [0.4, 0.5) is 10.1 Å². The van der Waals surface area contributed by atoms with E-state index in [9.17, 15) is 18.8 Å². The molecule has 1 amide bonds. The first-order valence-electron chi connectivity index (χ1n) is 8.67. The molecule has 0 unspecified atom stereocenters. The standard InChI is InChI=1S/C19H18ClFN4O3/c1-4-25-16-15(18(27)24-19(25)28)11(8-14(22-16)9(2)3)17(26)23-13-6-5-10(20)7-12(13)21/h5-9H,4H2,1-3H3,(H,23,26)(H,24,27,28). The van der Waals surface area contributed by atoms with Crippen molar-refractivity contribution in [2.45, 2.75) is 33.2 Å². The number of carbonyl (C=O) groups is 1. The number of rotatable bonds is 4. The topological polar surface area (TPSA) is 96.9 Å². The van der Waals surface area contributed by atoms with E-state index < -0.39 is 23.0 Å². The molecule has 0 aliphatic heterocycles. The minimum Gasteiger partial charge on any atom is -0.319 e. The van der Waals surface area contributed by atoms with Crippen LogP contribution in [0.25, 0.3) is 11.0 Å². The molecule has 0 atom stereocenters. The van der Waals surface area contributed by atoms with E-state index in [0.29, 0.717) is 5.69 Å². The molecule has 0 bridgehead atoms. The van der Waals surface area contributed by atoms with Gasteiger partial charge in [-0.3, -0.25) is 19.1 Å². The lowest BCUT2D eigenvalue weighted by atomic mass is 10.0.